The second kappa shape index (κ2) is 8.68. The number of hydrogen-bond donors (Lipinski definition) is 1. The number of hydrogen-bond acceptors (Lipinski definition) is 6. The van der Waals surface area contributed by atoms with Crippen molar-refractivity contribution >= 4 is 27.6 Å². The van der Waals surface area contributed by atoms with Crippen molar-refractivity contribution in [3.05, 3.63) is 71.5 Å². The van der Waals surface area contributed by atoms with Gasteiger partial charge in [0.1, 0.15) is 5.82 Å². The second-order valence-corrected chi connectivity index (χ2v) is 8.88. The molecule has 7 nitrogen and oxygen atoms in total. The van der Waals surface area contributed by atoms with Crippen LogP contribution in [0.3, 0.4) is 0 Å². The van der Waals surface area contributed by atoms with Gasteiger partial charge in [0.25, 0.3) is 0 Å². The first-order valence-corrected chi connectivity index (χ1v) is 11.0. The minimum atomic E-state index is -3.64. The highest BCUT2D eigenvalue weighted by atomic mass is 32.2. The van der Waals surface area contributed by atoms with Crippen molar-refractivity contribution in [3.63, 3.8) is 0 Å². The monoisotopic (exact) mass is 416 g/mol. The van der Waals surface area contributed by atoms with Crippen LogP contribution >= 0.6 is 11.8 Å². The molecular formula is C19H20N4O3S2. The van der Waals surface area contributed by atoms with Crippen molar-refractivity contribution in [3.8, 4) is 0 Å². The number of sulfonamides is 1. The molecule has 146 valence electrons. The maximum absolute atomic E-state index is 12.4. The molecule has 3 aromatic rings. The number of thioether (sulfide) groups is 1. The number of Topliss-reactive ketones (excluding diaryl/α,β-unsaturated/α-hetero) is 1. The van der Waals surface area contributed by atoms with E-state index in [0.717, 1.165) is 5.56 Å². The molecule has 0 saturated carbocycles. The first-order valence-electron chi connectivity index (χ1n) is 8.52. The lowest BCUT2D eigenvalue weighted by Gasteiger charge is -2.07. The third kappa shape index (κ3) is 4.86. The number of nitrogens with zero attached hydrogens (tertiary/aromatic N) is 3. The van der Waals surface area contributed by atoms with Gasteiger partial charge in [-0.15, -0.1) is 10.2 Å². The summed E-state index contributed by atoms with van der Waals surface area (Å²) >= 11 is 1.26. The minimum absolute atomic E-state index is 0.00442. The average molecular weight is 417 g/mol. The predicted molar refractivity (Wildman–Crippen MR) is 108 cm³/mol. The first-order chi connectivity index (χ1) is 13.4. The lowest BCUT2D eigenvalue weighted by molar-refractivity contribution is 0.102. The quantitative estimate of drug-likeness (QED) is 0.448. The highest BCUT2D eigenvalue weighted by molar-refractivity contribution is 7.99. The van der Waals surface area contributed by atoms with Crippen molar-refractivity contribution in [2.24, 2.45) is 7.05 Å². The molecule has 0 aliphatic heterocycles. The Morgan fingerprint density at radius 3 is 2.43 bits per heavy atom. The topological polar surface area (TPSA) is 94.0 Å². The van der Waals surface area contributed by atoms with E-state index in [1.165, 1.54) is 11.8 Å². The van der Waals surface area contributed by atoms with Gasteiger partial charge >= 0.3 is 0 Å². The maximum atomic E-state index is 12.4. The predicted octanol–water partition coefficient (Wildman–Crippen LogP) is 2.58. The summed E-state index contributed by atoms with van der Waals surface area (Å²) in [6, 6.07) is 15.6. The summed E-state index contributed by atoms with van der Waals surface area (Å²) in [5, 5.41) is 8.64. The molecule has 3 rings (SSSR count). The van der Waals surface area contributed by atoms with Crippen LogP contribution in [0.15, 0.2) is 64.6 Å². The number of benzene rings is 2. The normalized spacial score (nSPS) is 11.5. The van der Waals surface area contributed by atoms with Crippen molar-refractivity contribution in [2.75, 3.05) is 5.75 Å². The number of carbonyl (C=O) groups excluding carboxylic acids is 1. The molecule has 0 amide bonds. The van der Waals surface area contributed by atoms with Crippen LogP contribution in [0.5, 0.6) is 0 Å². The molecule has 0 radical (unpaired) electrons. The number of aromatic nitrogens is 3. The molecule has 1 heterocycles. The maximum Gasteiger partial charge on any atom is 0.240 e. The average Bonchev–Trinajstić information content (AvgIpc) is 3.05. The van der Waals surface area contributed by atoms with E-state index in [9.17, 15) is 13.2 Å². The van der Waals surface area contributed by atoms with Gasteiger partial charge in [-0.05, 0) is 19.1 Å². The van der Waals surface area contributed by atoms with Crippen molar-refractivity contribution < 1.29 is 13.2 Å². The fraction of sp³-hybridized carbons (Fsp3) is 0.211. The van der Waals surface area contributed by atoms with Crippen LogP contribution in [0.4, 0.5) is 0 Å². The number of ketones is 1. The van der Waals surface area contributed by atoms with E-state index in [1.54, 1.807) is 48.0 Å². The molecule has 9 heteroatoms. The molecule has 1 aromatic heterocycles. The summed E-state index contributed by atoms with van der Waals surface area (Å²) in [5.74, 6) is 0.686. The molecule has 0 unspecified atom stereocenters. The van der Waals surface area contributed by atoms with E-state index < -0.39 is 10.0 Å². The molecule has 2 aromatic carbocycles. The number of nitrogens with one attached hydrogen (secondary N) is 1. The van der Waals surface area contributed by atoms with Crippen molar-refractivity contribution in [1.82, 2.24) is 19.5 Å². The van der Waals surface area contributed by atoms with Crippen LogP contribution in [0.25, 0.3) is 0 Å². The van der Waals surface area contributed by atoms with Gasteiger partial charge in [-0.2, -0.15) is 0 Å². The fourth-order valence-electron chi connectivity index (χ4n) is 2.42. The zero-order valence-electron chi connectivity index (χ0n) is 15.5. The Hall–Kier alpha value is -2.49. The molecular weight excluding hydrogens is 396 g/mol. The molecule has 0 bridgehead atoms. The van der Waals surface area contributed by atoms with Crippen molar-refractivity contribution in [1.29, 1.82) is 0 Å². The van der Waals surface area contributed by atoms with E-state index >= 15 is 0 Å². The lowest BCUT2D eigenvalue weighted by Crippen LogP contribution is -2.24. The summed E-state index contributed by atoms with van der Waals surface area (Å²) in [5.41, 5.74) is 1.63. The Morgan fingerprint density at radius 1 is 1.07 bits per heavy atom. The molecule has 1 N–H and O–H groups in total. The van der Waals surface area contributed by atoms with Gasteiger partial charge in [0.05, 0.1) is 17.2 Å². The largest absolute Gasteiger partial charge is 0.308 e. The Labute approximate surface area is 168 Å². The number of aryl methyl sites for hydroxylation is 1. The third-order valence-electron chi connectivity index (χ3n) is 4.10. The summed E-state index contributed by atoms with van der Waals surface area (Å²) in [6.45, 7) is 1.90. The molecule has 28 heavy (non-hydrogen) atoms. The van der Waals surface area contributed by atoms with Gasteiger partial charge in [0.2, 0.25) is 10.0 Å². The van der Waals surface area contributed by atoms with Crippen LogP contribution in [-0.4, -0.2) is 34.7 Å². The van der Waals surface area contributed by atoms with Crippen LogP contribution < -0.4 is 4.72 Å². The Kier molecular flexibility index (Phi) is 6.28. The molecule has 0 aliphatic carbocycles. The second-order valence-electron chi connectivity index (χ2n) is 6.17. The summed E-state index contributed by atoms with van der Waals surface area (Å²) in [7, 11) is -1.90. The Morgan fingerprint density at radius 2 is 1.75 bits per heavy atom. The Bertz CT molecular complexity index is 1060. The standard InChI is InChI=1S/C19H20N4O3S2/c1-14-8-10-16(11-9-14)28(25,26)20-12-18-21-22-19(23(18)2)27-13-17(24)15-6-4-3-5-7-15/h3-11,20H,12-13H2,1-2H3. The molecule has 0 aliphatic rings. The minimum Gasteiger partial charge on any atom is -0.308 e. The number of rotatable bonds is 8. The van der Waals surface area contributed by atoms with E-state index in [0.29, 0.717) is 16.5 Å². The molecule has 0 atom stereocenters. The van der Waals surface area contributed by atoms with Crippen molar-refractivity contribution in [2.45, 2.75) is 23.5 Å². The third-order valence-corrected chi connectivity index (χ3v) is 6.54. The summed E-state index contributed by atoms with van der Waals surface area (Å²) in [4.78, 5) is 12.4. The van der Waals surface area contributed by atoms with E-state index in [1.807, 2.05) is 25.1 Å². The van der Waals surface area contributed by atoms with Gasteiger partial charge in [-0.3, -0.25) is 4.79 Å². The molecule has 0 spiro atoms. The first kappa shape index (κ1) is 20.2. The highest BCUT2D eigenvalue weighted by Crippen LogP contribution is 2.18. The summed E-state index contributed by atoms with van der Waals surface area (Å²) < 4.78 is 29.0. The van der Waals surface area contributed by atoms with Crippen LogP contribution in [-0.2, 0) is 23.6 Å². The highest BCUT2D eigenvalue weighted by Gasteiger charge is 2.17. The van der Waals surface area contributed by atoms with Gasteiger partial charge in [-0.25, -0.2) is 13.1 Å². The van der Waals surface area contributed by atoms with Crippen LogP contribution in [0, 0.1) is 6.92 Å². The van der Waals surface area contributed by atoms with Crippen LogP contribution in [0.1, 0.15) is 21.7 Å². The summed E-state index contributed by atoms with van der Waals surface area (Å²) in [6.07, 6.45) is 0. The van der Waals surface area contributed by atoms with E-state index in [2.05, 4.69) is 14.9 Å². The van der Waals surface area contributed by atoms with Gasteiger partial charge in [0, 0.05) is 12.6 Å². The zero-order valence-corrected chi connectivity index (χ0v) is 17.1. The zero-order chi connectivity index (χ0) is 20.1. The molecule has 0 fully saturated rings. The number of carbonyl (C=O) groups is 1. The lowest BCUT2D eigenvalue weighted by atomic mass is 10.2. The fourth-order valence-corrected chi connectivity index (χ4v) is 4.23. The molecule has 0 saturated heterocycles. The Balaban J connectivity index is 1.61. The SMILES string of the molecule is Cc1ccc(S(=O)(=O)NCc2nnc(SCC(=O)c3ccccc3)n2C)cc1. The smallest absolute Gasteiger partial charge is 0.240 e. The van der Waals surface area contributed by atoms with E-state index in [-0.39, 0.29) is 23.0 Å². The van der Waals surface area contributed by atoms with Crippen LogP contribution in [0.2, 0.25) is 0 Å². The van der Waals surface area contributed by atoms with Gasteiger partial charge in [-0.1, -0.05) is 59.8 Å². The van der Waals surface area contributed by atoms with Gasteiger partial charge < -0.3 is 4.57 Å². The van der Waals surface area contributed by atoms with Gasteiger partial charge in [0.15, 0.2) is 10.9 Å². The van der Waals surface area contributed by atoms with E-state index in [4.69, 9.17) is 0 Å².